The van der Waals surface area contributed by atoms with Gasteiger partial charge in [-0.2, -0.15) is 0 Å². The highest BCUT2D eigenvalue weighted by molar-refractivity contribution is 6.23. The number of benzene rings is 1. The van der Waals surface area contributed by atoms with E-state index in [4.69, 9.17) is 0 Å². The summed E-state index contributed by atoms with van der Waals surface area (Å²) in [6, 6.07) is 8.33. The molecule has 0 bridgehead atoms. The van der Waals surface area contributed by atoms with E-state index in [-0.39, 0.29) is 30.8 Å². The number of hydrogen-bond donors (Lipinski definition) is 0. The number of rotatable bonds is 5. The van der Waals surface area contributed by atoms with Gasteiger partial charge < -0.3 is 4.74 Å². The molecular formula is C15H15NO4. The van der Waals surface area contributed by atoms with Crippen LogP contribution in [0.3, 0.4) is 0 Å². The monoisotopic (exact) mass is 273 g/mol. The lowest BCUT2D eigenvalue weighted by atomic mass is 10.0. The van der Waals surface area contributed by atoms with Gasteiger partial charge in [0.1, 0.15) is 0 Å². The standard InChI is InChI=1S/C15H15NO4/c1-20-14(19)8-7-12(17)15-13(18)9-11(16-15)10-5-3-2-4-6-10/h2-6,15H,7-9H2,1H3. The Morgan fingerprint density at radius 3 is 2.60 bits per heavy atom. The van der Waals surface area contributed by atoms with E-state index in [1.165, 1.54) is 7.11 Å². The molecule has 0 N–H and O–H groups in total. The van der Waals surface area contributed by atoms with Gasteiger partial charge in [0.25, 0.3) is 0 Å². The van der Waals surface area contributed by atoms with Gasteiger partial charge in [-0.15, -0.1) is 0 Å². The van der Waals surface area contributed by atoms with Gasteiger partial charge in [0, 0.05) is 6.42 Å². The van der Waals surface area contributed by atoms with Crippen LogP contribution in [0.2, 0.25) is 0 Å². The van der Waals surface area contributed by atoms with Crippen molar-refractivity contribution in [3.8, 4) is 0 Å². The molecule has 1 aliphatic rings. The van der Waals surface area contributed by atoms with E-state index < -0.39 is 12.0 Å². The Morgan fingerprint density at radius 2 is 1.95 bits per heavy atom. The molecule has 0 amide bonds. The summed E-state index contributed by atoms with van der Waals surface area (Å²) in [5.41, 5.74) is 1.48. The molecule has 1 aliphatic heterocycles. The first-order chi connectivity index (χ1) is 9.61. The number of ketones is 2. The normalized spacial score (nSPS) is 17.8. The van der Waals surface area contributed by atoms with Crippen LogP contribution in [0.1, 0.15) is 24.8 Å². The maximum Gasteiger partial charge on any atom is 0.305 e. The summed E-state index contributed by atoms with van der Waals surface area (Å²) in [4.78, 5) is 39.0. The molecule has 1 aromatic carbocycles. The van der Waals surface area contributed by atoms with E-state index in [9.17, 15) is 14.4 Å². The molecule has 0 radical (unpaired) electrons. The largest absolute Gasteiger partial charge is 0.469 e. The van der Waals surface area contributed by atoms with Gasteiger partial charge in [-0.25, -0.2) is 0 Å². The molecule has 1 aromatic rings. The van der Waals surface area contributed by atoms with Crippen LogP contribution in [-0.2, 0) is 19.1 Å². The molecule has 0 aromatic heterocycles. The highest BCUT2D eigenvalue weighted by atomic mass is 16.5. The lowest BCUT2D eigenvalue weighted by Gasteiger charge is -2.03. The molecule has 5 heteroatoms. The minimum Gasteiger partial charge on any atom is -0.469 e. The highest BCUT2D eigenvalue weighted by Crippen LogP contribution is 2.18. The van der Waals surface area contributed by atoms with Gasteiger partial charge in [0.2, 0.25) is 0 Å². The van der Waals surface area contributed by atoms with Crippen LogP contribution in [0.25, 0.3) is 0 Å². The van der Waals surface area contributed by atoms with Crippen LogP contribution in [0.5, 0.6) is 0 Å². The summed E-state index contributed by atoms with van der Waals surface area (Å²) in [6.07, 6.45) is 0.128. The maximum atomic E-state index is 11.9. The van der Waals surface area contributed by atoms with Gasteiger partial charge >= 0.3 is 5.97 Å². The zero-order valence-corrected chi connectivity index (χ0v) is 11.2. The van der Waals surface area contributed by atoms with E-state index in [1.54, 1.807) is 0 Å². The van der Waals surface area contributed by atoms with Crippen molar-refractivity contribution in [2.24, 2.45) is 4.99 Å². The van der Waals surface area contributed by atoms with Crippen LogP contribution in [0.4, 0.5) is 0 Å². The van der Waals surface area contributed by atoms with Gasteiger partial charge in [-0.3, -0.25) is 19.4 Å². The summed E-state index contributed by atoms with van der Waals surface area (Å²) >= 11 is 0. The third kappa shape index (κ3) is 3.17. The first kappa shape index (κ1) is 14.1. The fraction of sp³-hybridized carbons (Fsp3) is 0.333. The summed E-state index contributed by atoms with van der Waals surface area (Å²) < 4.78 is 4.47. The number of nitrogens with zero attached hydrogens (tertiary/aromatic N) is 1. The lowest BCUT2D eigenvalue weighted by Crippen LogP contribution is -2.25. The van der Waals surface area contributed by atoms with Crippen LogP contribution in [0.15, 0.2) is 35.3 Å². The molecule has 0 saturated heterocycles. The first-order valence-corrected chi connectivity index (χ1v) is 6.36. The average molecular weight is 273 g/mol. The highest BCUT2D eigenvalue weighted by Gasteiger charge is 2.32. The van der Waals surface area contributed by atoms with Crippen LogP contribution in [0, 0.1) is 0 Å². The number of aliphatic imine (C=N–C) groups is 1. The molecular weight excluding hydrogens is 258 g/mol. The first-order valence-electron chi connectivity index (χ1n) is 6.36. The molecule has 0 saturated carbocycles. The molecule has 0 aliphatic carbocycles. The molecule has 2 rings (SSSR count). The average Bonchev–Trinajstić information content (AvgIpc) is 2.87. The second kappa shape index (κ2) is 6.23. The van der Waals surface area contributed by atoms with Gasteiger partial charge in [-0.05, 0) is 5.56 Å². The fourth-order valence-corrected chi connectivity index (χ4v) is 2.06. The number of methoxy groups -OCH3 is 1. The van der Waals surface area contributed by atoms with Crippen molar-refractivity contribution >= 4 is 23.2 Å². The van der Waals surface area contributed by atoms with E-state index >= 15 is 0 Å². The number of hydrogen-bond acceptors (Lipinski definition) is 5. The van der Waals surface area contributed by atoms with Gasteiger partial charge in [0.15, 0.2) is 17.6 Å². The van der Waals surface area contributed by atoms with Crippen molar-refractivity contribution in [3.05, 3.63) is 35.9 Å². The Balaban J connectivity index is 2.05. The minimum atomic E-state index is -0.963. The zero-order chi connectivity index (χ0) is 14.5. The van der Waals surface area contributed by atoms with Crippen molar-refractivity contribution in [2.45, 2.75) is 25.3 Å². The van der Waals surface area contributed by atoms with Crippen molar-refractivity contribution in [1.82, 2.24) is 0 Å². The number of Topliss-reactive ketones (excluding diaryl/α,β-unsaturated/α-hetero) is 2. The van der Waals surface area contributed by atoms with Crippen LogP contribution < -0.4 is 0 Å². The third-order valence-corrected chi connectivity index (χ3v) is 3.15. The summed E-state index contributed by atoms with van der Waals surface area (Å²) in [7, 11) is 1.26. The molecule has 1 unspecified atom stereocenters. The van der Waals surface area contributed by atoms with E-state index in [0.29, 0.717) is 5.71 Å². The van der Waals surface area contributed by atoms with E-state index in [2.05, 4.69) is 9.73 Å². The number of carbonyl (C=O) groups is 3. The second-order valence-corrected chi connectivity index (χ2v) is 4.53. The molecule has 0 spiro atoms. The zero-order valence-electron chi connectivity index (χ0n) is 11.2. The fourth-order valence-electron chi connectivity index (χ4n) is 2.06. The Morgan fingerprint density at radius 1 is 1.25 bits per heavy atom. The van der Waals surface area contributed by atoms with E-state index in [0.717, 1.165) is 5.56 Å². The van der Waals surface area contributed by atoms with Gasteiger partial charge in [0.05, 0.1) is 25.7 Å². The molecule has 5 nitrogen and oxygen atoms in total. The quantitative estimate of drug-likeness (QED) is 0.599. The molecule has 1 heterocycles. The van der Waals surface area contributed by atoms with Crippen molar-refractivity contribution < 1.29 is 19.1 Å². The summed E-state index contributed by atoms with van der Waals surface area (Å²) in [5.74, 6) is -0.999. The third-order valence-electron chi connectivity index (χ3n) is 3.15. The predicted octanol–water partition coefficient (Wildman–Crippen LogP) is 1.34. The molecule has 20 heavy (non-hydrogen) atoms. The Bertz CT molecular complexity index is 562. The smallest absolute Gasteiger partial charge is 0.305 e. The second-order valence-electron chi connectivity index (χ2n) is 4.53. The lowest BCUT2D eigenvalue weighted by molar-refractivity contribution is -0.142. The Hall–Kier alpha value is -2.30. The van der Waals surface area contributed by atoms with E-state index in [1.807, 2.05) is 30.3 Å². The van der Waals surface area contributed by atoms with Crippen LogP contribution >= 0.6 is 0 Å². The van der Waals surface area contributed by atoms with Crippen molar-refractivity contribution in [2.75, 3.05) is 7.11 Å². The van der Waals surface area contributed by atoms with Gasteiger partial charge in [-0.1, -0.05) is 30.3 Å². The van der Waals surface area contributed by atoms with Crippen molar-refractivity contribution in [1.29, 1.82) is 0 Å². The summed E-state index contributed by atoms with van der Waals surface area (Å²) in [6.45, 7) is 0. The Kier molecular flexibility index (Phi) is 4.40. The van der Waals surface area contributed by atoms with Crippen molar-refractivity contribution in [3.63, 3.8) is 0 Å². The molecule has 1 atom stereocenters. The number of carbonyl (C=O) groups excluding carboxylic acids is 3. The SMILES string of the molecule is COC(=O)CCC(=O)C1N=C(c2ccccc2)CC1=O. The molecule has 104 valence electrons. The number of ether oxygens (including phenoxy) is 1. The topological polar surface area (TPSA) is 72.8 Å². The number of esters is 1. The maximum absolute atomic E-state index is 11.9. The summed E-state index contributed by atoms with van der Waals surface area (Å²) in [5, 5.41) is 0. The predicted molar refractivity (Wildman–Crippen MR) is 72.6 cm³/mol. The van der Waals surface area contributed by atoms with Crippen LogP contribution in [-0.4, -0.2) is 36.4 Å². The Labute approximate surface area is 116 Å². The molecule has 0 fully saturated rings. The minimum absolute atomic E-state index is 0.0185.